The predicted molar refractivity (Wildman–Crippen MR) is 68.1 cm³/mol. The van der Waals surface area contributed by atoms with Gasteiger partial charge in [-0.1, -0.05) is 11.6 Å². The summed E-state index contributed by atoms with van der Waals surface area (Å²) in [6, 6.07) is 6.24. The van der Waals surface area contributed by atoms with Gasteiger partial charge in [0.2, 0.25) is 0 Å². The molecule has 0 aliphatic heterocycles. The fourth-order valence-electron chi connectivity index (χ4n) is 1.38. The van der Waals surface area contributed by atoms with Gasteiger partial charge in [-0.3, -0.25) is 0 Å². The molecule has 1 heterocycles. The number of halogens is 2. The van der Waals surface area contributed by atoms with Crippen LogP contribution in [-0.2, 0) is 0 Å². The molecular formula is C12H11ClFN3. The quantitative estimate of drug-likeness (QED) is 0.859. The van der Waals surface area contributed by atoms with Gasteiger partial charge in [-0.15, -0.1) is 0 Å². The van der Waals surface area contributed by atoms with Crippen LogP contribution in [0.2, 0.25) is 5.02 Å². The van der Waals surface area contributed by atoms with Gasteiger partial charge >= 0.3 is 0 Å². The number of anilines is 3. The predicted octanol–water partition coefficient (Wildman–Crippen LogP) is 3.51. The van der Waals surface area contributed by atoms with Crippen molar-refractivity contribution in [3.8, 4) is 0 Å². The summed E-state index contributed by atoms with van der Waals surface area (Å²) in [4.78, 5) is 4.09. The second-order valence-corrected chi connectivity index (χ2v) is 4.05. The lowest BCUT2D eigenvalue weighted by atomic mass is 10.2. The molecule has 0 radical (unpaired) electrons. The van der Waals surface area contributed by atoms with Crippen LogP contribution < -0.4 is 11.1 Å². The molecule has 0 aliphatic carbocycles. The van der Waals surface area contributed by atoms with Gasteiger partial charge in [0.15, 0.2) is 5.82 Å². The molecule has 17 heavy (non-hydrogen) atoms. The summed E-state index contributed by atoms with van der Waals surface area (Å²) < 4.78 is 13.2. The average molecular weight is 252 g/mol. The summed E-state index contributed by atoms with van der Waals surface area (Å²) in [6.45, 7) is 1.88. The first-order valence-electron chi connectivity index (χ1n) is 5.01. The van der Waals surface area contributed by atoms with E-state index in [1.54, 1.807) is 12.3 Å². The van der Waals surface area contributed by atoms with Crippen molar-refractivity contribution >= 4 is 28.8 Å². The molecule has 3 nitrogen and oxygen atoms in total. The zero-order valence-corrected chi connectivity index (χ0v) is 9.92. The summed E-state index contributed by atoms with van der Waals surface area (Å²) >= 11 is 5.60. The van der Waals surface area contributed by atoms with Gasteiger partial charge in [-0.25, -0.2) is 9.37 Å². The number of pyridine rings is 1. The molecule has 2 rings (SSSR count). The molecule has 0 amide bonds. The molecule has 0 unspecified atom stereocenters. The van der Waals surface area contributed by atoms with Crippen molar-refractivity contribution in [1.82, 2.24) is 4.98 Å². The Labute approximate surface area is 103 Å². The molecule has 1 aromatic heterocycles. The van der Waals surface area contributed by atoms with Crippen LogP contribution in [0.1, 0.15) is 5.56 Å². The lowest BCUT2D eigenvalue weighted by molar-refractivity contribution is 0.629. The standard InChI is InChI=1S/C12H11ClFN3/c1-7-4-5-16-12(11(7)15)17-8-2-3-9(13)10(14)6-8/h2-6H,15H2,1H3,(H,16,17). The average Bonchev–Trinajstić information content (AvgIpc) is 2.30. The van der Waals surface area contributed by atoms with E-state index in [0.717, 1.165) is 5.56 Å². The zero-order valence-electron chi connectivity index (χ0n) is 9.17. The van der Waals surface area contributed by atoms with Gasteiger partial charge in [0.25, 0.3) is 0 Å². The number of hydrogen-bond acceptors (Lipinski definition) is 3. The number of aromatic nitrogens is 1. The van der Waals surface area contributed by atoms with Crippen molar-refractivity contribution in [2.24, 2.45) is 0 Å². The lowest BCUT2D eigenvalue weighted by Crippen LogP contribution is -2.01. The number of benzene rings is 1. The minimum absolute atomic E-state index is 0.0840. The van der Waals surface area contributed by atoms with Crippen LogP contribution >= 0.6 is 11.6 Å². The molecule has 0 saturated carbocycles. The van der Waals surface area contributed by atoms with Crippen molar-refractivity contribution in [2.45, 2.75) is 6.92 Å². The Bertz CT molecular complexity index is 557. The number of hydrogen-bond donors (Lipinski definition) is 2. The maximum absolute atomic E-state index is 13.2. The first kappa shape index (κ1) is 11.7. The van der Waals surface area contributed by atoms with E-state index in [1.807, 2.05) is 13.0 Å². The molecule has 2 aromatic rings. The SMILES string of the molecule is Cc1ccnc(Nc2ccc(Cl)c(F)c2)c1N. The molecule has 5 heteroatoms. The fraction of sp³-hybridized carbons (Fsp3) is 0.0833. The summed E-state index contributed by atoms with van der Waals surface area (Å²) in [5, 5.41) is 3.03. The molecule has 0 atom stereocenters. The van der Waals surface area contributed by atoms with Crippen LogP contribution in [0.5, 0.6) is 0 Å². The van der Waals surface area contributed by atoms with Crippen LogP contribution in [0.25, 0.3) is 0 Å². The molecule has 0 bridgehead atoms. The monoisotopic (exact) mass is 251 g/mol. The molecule has 0 aliphatic rings. The van der Waals surface area contributed by atoms with Crippen LogP contribution in [0.3, 0.4) is 0 Å². The van der Waals surface area contributed by atoms with Gasteiger partial charge in [0.05, 0.1) is 10.7 Å². The van der Waals surface area contributed by atoms with E-state index in [1.165, 1.54) is 12.1 Å². The van der Waals surface area contributed by atoms with E-state index in [2.05, 4.69) is 10.3 Å². The number of nitrogen functional groups attached to an aromatic ring is 1. The molecular weight excluding hydrogens is 241 g/mol. The van der Waals surface area contributed by atoms with Gasteiger partial charge in [0.1, 0.15) is 5.82 Å². The maximum Gasteiger partial charge on any atom is 0.153 e. The Hall–Kier alpha value is -1.81. The zero-order chi connectivity index (χ0) is 12.4. The lowest BCUT2D eigenvalue weighted by Gasteiger charge is -2.10. The van der Waals surface area contributed by atoms with Crippen LogP contribution in [0.15, 0.2) is 30.5 Å². The van der Waals surface area contributed by atoms with Crippen LogP contribution in [0, 0.1) is 12.7 Å². The molecule has 1 aromatic carbocycles. The number of rotatable bonds is 2. The molecule has 0 fully saturated rings. The largest absolute Gasteiger partial charge is 0.396 e. The van der Waals surface area contributed by atoms with Crippen molar-refractivity contribution in [3.05, 3.63) is 46.9 Å². The Morgan fingerprint density at radius 1 is 1.35 bits per heavy atom. The summed E-state index contributed by atoms with van der Waals surface area (Å²) in [6.07, 6.45) is 1.64. The summed E-state index contributed by atoms with van der Waals surface area (Å²) in [5.41, 5.74) is 7.86. The third-order valence-corrected chi connectivity index (χ3v) is 2.70. The first-order valence-corrected chi connectivity index (χ1v) is 5.39. The van der Waals surface area contributed by atoms with E-state index < -0.39 is 5.82 Å². The normalized spacial score (nSPS) is 10.3. The van der Waals surface area contributed by atoms with Gasteiger partial charge in [-0.05, 0) is 36.8 Å². The fourth-order valence-corrected chi connectivity index (χ4v) is 1.50. The number of nitrogens with one attached hydrogen (secondary N) is 1. The highest BCUT2D eigenvalue weighted by atomic mass is 35.5. The van der Waals surface area contributed by atoms with Gasteiger partial charge in [-0.2, -0.15) is 0 Å². The minimum Gasteiger partial charge on any atom is -0.396 e. The Kier molecular flexibility index (Phi) is 3.15. The van der Waals surface area contributed by atoms with Gasteiger partial charge < -0.3 is 11.1 Å². The van der Waals surface area contributed by atoms with Crippen molar-refractivity contribution in [2.75, 3.05) is 11.1 Å². The second-order valence-electron chi connectivity index (χ2n) is 3.64. The highest BCUT2D eigenvalue weighted by Gasteiger charge is 2.05. The van der Waals surface area contributed by atoms with E-state index in [9.17, 15) is 4.39 Å². The van der Waals surface area contributed by atoms with Crippen molar-refractivity contribution in [3.63, 3.8) is 0 Å². The van der Waals surface area contributed by atoms with E-state index in [-0.39, 0.29) is 5.02 Å². The third kappa shape index (κ3) is 2.47. The minimum atomic E-state index is -0.483. The smallest absolute Gasteiger partial charge is 0.153 e. The molecule has 3 N–H and O–H groups in total. The second kappa shape index (κ2) is 4.59. The van der Waals surface area contributed by atoms with Crippen LogP contribution in [-0.4, -0.2) is 4.98 Å². The Morgan fingerprint density at radius 2 is 2.12 bits per heavy atom. The summed E-state index contributed by atoms with van der Waals surface area (Å²) in [7, 11) is 0. The Morgan fingerprint density at radius 3 is 2.82 bits per heavy atom. The van der Waals surface area contributed by atoms with E-state index in [0.29, 0.717) is 17.2 Å². The third-order valence-electron chi connectivity index (χ3n) is 2.39. The maximum atomic E-state index is 13.2. The highest BCUT2D eigenvalue weighted by molar-refractivity contribution is 6.30. The topological polar surface area (TPSA) is 50.9 Å². The molecule has 0 saturated heterocycles. The van der Waals surface area contributed by atoms with E-state index in [4.69, 9.17) is 17.3 Å². The van der Waals surface area contributed by atoms with Crippen LogP contribution in [0.4, 0.5) is 21.6 Å². The highest BCUT2D eigenvalue weighted by Crippen LogP contribution is 2.25. The molecule has 88 valence electrons. The number of nitrogens with zero attached hydrogens (tertiary/aromatic N) is 1. The number of aryl methyl sites for hydroxylation is 1. The van der Waals surface area contributed by atoms with E-state index >= 15 is 0 Å². The number of nitrogens with two attached hydrogens (primary N) is 1. The molecule has 0 spiro atoms. The van der Waals surface area contributed by atoms with Gasteiger partial charge in [0, 0.05) is 11.9 Å². The Balaban J connectivity index is 2.31. The first-order chi connectivity index (χ1) is 8.08. The summed E-state index contributed by atoms with van der Waals surface area (Å²) in [5.74, 6) is 0.0228. The van der Waals surface area contributed by atoms with Crippen molar-refractivity contribution in [1.29, 1.82) is 0 Å². The van der Waals surface area contributed by atoms with Crippen molar-refractivity contribution < 1.29 is 4.39 Å².